The Morgan fingerprint density at radius 1 is 0.976 bits per heavy atom. The maximum atomic E-state index is 14.5. The van der Waals surface area contributed by atoms with Crippen LogP contribution in [0.1, 0.15) is 37.7 Å². The molecule has 8 nitrogen and oxygen atoms in total. The number of fused-ring (bicyclic) bond motifs is 1. The molecule has 3 aliphatic heterocycles. The van der Waals surface area contributed by atoms with Crippen molar-refractivity contribution in [2.24, 2.45) is 11.8 Å². The van der Waals surface area contributed by atoms with E-state index in [1.165, 1.54) is 0 Å². The van der Waals surface area contributed by atoms with Crippen molar-refractivity contribution in [1.29, 1.82) is 0 Å². The number of aliphatic hydroxyl groups excluding tert-OH is 1. The van der Waals surface area contributed by atoms with Crippen LogP contribution in [0.25, 0.3) is 0 Å². The van der Waals surface area contributed by atoms with E-state index in [2.05, 4.69) is 13.2 Å². The van der Waals surface area contributed by atoms with Gasteiger partial charge in [-0.1, -0.05) is 60.7 Å². The number of nitrogens with zero attached hydrogens (tertiary/aromatic N) is 3. The molecule has 3 fully saturated rings. The van der Waals surface area contributed by atoms with Crippen molar-refractivity contribution in [1.82, 2.24) is 9.80 Å². The summed E-state index contributed by atoms with van der Waals surface area (Å²) in [5.74, 6) is -1.98. The van der Waals surface area contributed by atoms with Crippen LogP contribution in [0.2, 0.25) is 0 Å². The van der Waals surface area contributed by atoms with E-state index in [4.69, 9.17) is 4.74 Å². The number of hydrogen-bond acceptors (Lipinski definition) is 5. The van der Waals surface area contributed by atoms with Gasteiger partial charge in [-0.15, -0.1) is 13.2 Å². The maximum absolute atomic E-state index is 14.5. The largest absolute Gasteiger partial charge is 0.396 e. The number of carbonyl (C=O) groups excluding carboxylic acids is 3. The minimum Gasteiger partial charge on any atom is -0.396 e. The molecule has 8 heteroatoms. The summed E-state index contributed by atoms with van der Waals surface area (Å²) in [6, 6.07) is 18.3. The van der Waals surface area contributed by atoms with E-state index >= 15 is 0 Å². The number of benzene rings is 2. The monoisotopic (exact) mass is 571 g/mol. The normalized spacial score (nSPS) is 25.7. The Hall–Kier alpha value is -3.75. The highest BCUT2D eigenvalue weighted by molar-refractivity contribution is 6.03. The van der Waals surface area contributed by atoms with Crippen LogP contribution in [-0.2, 0) is 25.7 Å². The molecule has 1 N–H and O–H groups in total. The fraction of sp³-hybridized carbons (Fsp3) is 0.441. The van der Waals surface area contributed by atoms with Crippen molar-refractivity contribution in [2.45, 2.75) is 56.4 Å². The summed E-state index contributed by atoms with van der Waals surface area (Å²) in [6.45, 7) is 9.18. The Labute approximate surface area is 248 Å². The Bertz CT molecular complexity index is 1280. The minimum atomic E-state index is -1.07. The third-order valence-electron chi connectivity index (χ3n) is 8.90. The summed E-state index contributed by atoms with van der Waals surface area (Å²) < 4.78 is 6.67. The maximum Gasteiger partial charge on any atom is 0.248 e. The van der Waals surface area contributed by atoms with Crippen molar-refractivity contribution in [3.8, 4) is 0 Å². The summed E-state index contributed by atoms with van der Waals surface area (Å²) in [4.78, 5) is 48.2. The lowest BCUT2D eigenvalue weighted by Gasteiger charge is -2.37. The lowest BCUT2D eigenvalue weighted by Crippen LogP contribution is -2.56. The number of rotatable bonds is 14. The van der Waals surface area contributed by atoms with Crippen LogP contribution in [0.5, 0.6) is 0 Å². The highest BCUT2D eigenvalue weighted by atomic mass is 16.5. The van der Waals surface area contributed by atoms with Gasteiger partial charge < -0.3 is 24.5 Å². The van der Waals surface area contributed by atoms with Crippen molar-refractivity contribution in [3.63, 3.8) is 0 Å². The van der Waals surface area contributed by atoms with Gasteiger partial charge in [0, 0.05) is 38.5 Å². The third kappa shape index (κ3) is 5.41. The van der Waals surface area contributed by atoms with Gasteiger partial charge in [0.15, 0.2) is 0 Å². The van der Waals surface area contributed by atoms with E-state index in [1.54, 1.807) is 26.9 Å². The fourth-order valence-electron chi connectivity index (χ4n) is 7.13. The van der Waals surface area contributed by atoms with Gasteiger partial charge in [-0.05, 0) is 49.8 Å². The molecule has 42 heavy (non-hydrogen) atoms. The van der Waals surface area contributed by atoms with E-state index in [0.717, 1.165) is 17.7 Å². The van der Waals surface area contributed by atoms with Crippen LogP contribution in [0.4, 0.5) is 5.69 Å². The molecular weight excluding hydrogens is 530 g/mol. The number of amides is 3. The summed E-state index contributed by atoms with van der Waals surface area (Å²) >= 11 is 0. The number of unbranched alkanes of at least 4 members (excludes halogenated alkanes) is 2. The first-order valence-electron chi connectivity index (χ1n) is 15.0. The van der Waals surface area contributed by atoms with Crippen molar-refractivity contribution >= 4 is 23.4 Å². The van der Waals surface area contributed by atoms with Crippen LogP contribution < -0.4 is 4.90 Å². The first-order valence-corrected chi connectivity index (χ1v) is 15.0. The number of para-hydroxylation sites is 1. The minimum absolute atomic E-state index is 0.0764. The molecule has 3 aliphatic rings. The number of anilines is 1. The van der Waals surface area contributed by atoms with Gasteiger partial charge in [-0.3, -0.25) is 14.4 Å². The number of likely N-dealkylation sites (tertiary alicyclic amines) is 1. The molecule has 2 bridgehead atoms. The zero-order valence-corrected chi connectivity index (χ0v) is 24.1. The molecule has 0 saturated carbocycles. The Morgan fingerprint density at radius 2 is 1.67 bits per heavy atom. The molecule has 1 spiro atoms. The van der Waals surface area contributed by atoms with Gasteiger partial charge in [0.1, 0.15) is 11.6 Å². The molecule has 3 amide bonds. The topological polar surface area (TPSA) is 90.4 Å². The average Bonchev–Trinajstić information content (AvgIpc) is 3.65. The molecule has 5 rings (SSSR count). The van der Waals surface area contributed by atoms with Gasteiger partial charge in [0.2, 0.25) is 17.7 Å². The Kier molecular flexibility index (Phi) is 9.24. The highest BCUT2D eigenvalue weighted by Crippen LogP contribution is 2.59. The molecule has 3 heterocycles. The van der Waals surface area contributed by atoms with E-state index < -0.39 is 29.6 Å². The molecule has 0 radical (unpaired) electrons. The van der Waals surface area contributed by atoms with Crippen molar-refractivity contribution in [3.05, 3.63) is 91.5 Å². The van der Waals surface area contributed by atoms with Gasteiger partial charge >= 0.3 is 0 Å². The van der Waals surface area contributed by atoms with Crippen molar-refractivity contribution in [2.75, 3.05) is 31.1 Å². The summed E-state index contributed by atoms with van der Waals surface area (Å²) in [5.41, 5.74) is 0.648. The predicted octanol–water partition coefficient (Wildman–Crippen LogP) is 3.96. The average molecular weight is 572 g/mol. The smallest absolute Gasteiger partial charge is 0.248 e. The zero-order chi connectivity index (χ0) is 29.7. The lowest BCUT2D eigenvalue weighted by molar-refractivity contribution is -0.148. The molecule has 2 aromatic rings. The lowest BCUT2D eigenvalue weighted by atomic mass is 9.70. The zero-order valence-electron chi connectivity index (χ0n) is 24.1. The Balaban J connectivity index is 1.50. The molecule has 222 valence electrons. The molecule has 5 atom stereocenters. The fourth-order valence-corrected chi connectivity index (χ4v) is 7.13. The molecule has 2 aromatic carbocycles. The van der Waals surface area contributed by atoms with E-state index in [0.29, 0.717) is 51.9 Å². The Morgan fingerprint density at radius 3 is 2.33 bits per heavy atom. The van der Waals surface area contributed by atoms with Crippen LogP contribution in [0.15, 0.2) is 86.0 Å². The van der Waals surface area contributed by atoms with Crippen LogP contribution in [0.3, 0.4) is 0 Å². The van der Waals surface area contributed by atoms with Crippen LogP contribution in [-0.4, -0.2) is 76.6 Å². The number of ether oxygens (including phenoxy) is 1. The van der Waals surface area contributed by atoms with Gasteiger partial charge in [-0.2, -0.15) is 0 Å². The second-order valence-corrected chi connectivity index (χ2v) is 11.4. The molecule has 0 aliphatic carbocycles. The van der Waals surface area contributed by atoms with Crippen LogP contribution >= 0.6 is 0 Å². The predicted molar refractivity (Wildman–Crippen MR) is 161 cm³/mol. The number of hydrogen-bond donors (Lipinski definition) is 1. The number of aliphatic hydroxyl groups is 1. The SMILES string of the molecule is C=CCN(Cc1ccccc1)C(=O)C1N(CCCCCO)C(=O)[C@@H]2[C@H](C(=O)N(CC=C)c3ccccc3)[C@@H]3CCC12O3. The molecule has 0 aromatic heterocycles. The summed E-state index contributed by atoms with van der Waals surface area (Å²) in [5, 5.41) is 9.30. The standard InChI is InChI=1S/C34H41N3O5/c1-3-20-35(24-25-14-8-5-9-15-25)33(41)30-34-19-18-27(42-34)28(29(34)32(40)37(30)22-12-7-13-23-38)31(39)36(21-4-2)26-16-10-6-11-17-26/h3-6,8-11,14-17,27-30,38H,1-2,7,12-13,18-24H2/t27-,28+,29-,30?,34?/m0/s1. The summed E-state index contributed by atoms with van der Waals surface area (Å²) in [6.07, 6.45) is 6.10. The quantitative estimate of drug-likeness (QED) is 0.274. The van der Waals surface area contributed by atoms with Gasteiger partial charge in [0.25, 0.3) is 0 Å². The van der Waals surface area contributed by atoms with E-state index in [-0.39, 0.29) is 24.3 Å². The first-order chi connectivity index (χ1) is 20.5. The van der Waals surface area contributed by atoms with Gasteiger partial charge in [0.05, 0.1) is 17.9 Å². The molecule has 3 saturated heterocycles. The van der Waals surface area contributed by atoms with Crippen LogP contribution in [0, 0.1) is 11.8 Å². The second-order valence-electron chi connectivity index (χ2n) is 11.4. The highest BCUT2D eigenvalue weighted by Gasteiger charge is 2.74. The number of carbonyl (C=O) groups is 3. The summed E-state index contributed by atoms with van der Waals surface area (Å²) in [7, 11) is 0. The van der Waals surface area contributed by atoms with E-state index in [9.17, 15) is 19.5 Å². The van der Waals surface area contributed by atoms with Gasteiger partial charge in [-0.25, -0.2) is 0 Å². The third-order valence-corrected chi connectivity index (χ3v) is 8.90. The van der Waals surface area contributed by atoms with E-state index in [1.807, 2.05) is 60.7 Å². The molecule has 2 unspecified atom stereocenters. The first kappa shape index (κ1) is 29.7. The molecular formula is C34H41N3O5. The van der Waals surface area contributed by atoms with Crippen molar-refractivity contribution < 1.29 is 24.2 Å². The second kappa shape index (κ2) is 13.0.